The second-order valence-electron chi connectivity index (χ2n) is 1.16. The van der Waals surface area contributed by atoms with Crippen molar-refractivity contribution in [3.05, 3.63) is 0 Å². The summed E-state index contributed by atoms with van der Waals surface area (Å²) in [6, 6.07) is 0. The Morgan fingerprint density at radius 1 is 1.57 bits per heavy atom. The molecule has 0 aliphatic rings. The van der Waals surface area contributed by atoms with E-state index < -0.39 is 6.09 Å². The van der Waals surface area contributed by atoms with E-state index in [1.54, 1.807) is 0 Å². The third-order valence-corrected chi connectivity index (χ3v) is 0.365. The molecule has 0 aliphatic heterocycles. The molecule has 0 radical (unpaired) electrons. The van der Waals surface area contributed by atoms with Gasteiger partial charge in [0.05, 0.1) is 0 Å². The molecule has 0 fully saturated rings. The molecule has 36 valence electrons. The Balaban J connectivity index is 0. The van der Waals surface area contributed by atoms with Crippen LogP contribution in [0.3, 0.4) is 0 Å². The van der Waals surface area contributed by atoms with E-state index in [4.69, 9.17) is 0 Å². The Kier molecular flexibility index (Phi) is 7.80. The van der Waals surface area contributed by atoms with Crippen molar-refractivity contribution < 1.29 is 61.3 Å². The van der Waals surface area contributed by atoms with Crippen molar-refractivity contribution in [2.45, 2.75) is 0 Å². The zero-order valence-electron chi connectivity index (χ0n) is 4.76. The third kappa shape index (κ3) is 6.91. The molecule has 0 aromatic carbocycles. The summed E-state index contributed by atoms with van der Waals surface area (Å²) in [6.07, 6.45) is -1.16. The van der Waals surface area contributed by atoms with Crippen LogP contribution >= 0.6 is 0 Å². The molecule has 4 heteroatoms. The number of nitrogens with zero attached hydrogens (tertiary/aromatic N) is 1. The van der Waals surface area contributed by atoms with Crippen LogP contribution in [0, 0.1) is 0 Å². The first-order valence-electron chi connectivity index (χ1n) is 1.53. The van der Waals surface area contributed by atoms with E-state index in [0.29, 0.717) is 0 Å². The Morgan fingerprint density at radius 2 is 1.71 bits per heavy atom. The van der Waals surface area contributed by atoms with Crippen LogP contribution in [0.15, 0.2) is 0 Å². The minimum Gasteiger partial charge on any atom is -0.530 e. The molecular formula is C3H6KNO2. The van der Waals surface area contributed by atoms with Crippen molar-refractivity contribution in [2.24, 2.45) is 0 Å². The molecule has 3 nitrogen and oxygen atoms in total. The smallest absolute Gasteiger partial charge is 0.530 e. The van der Waals surface area contributed by atoms with Crippen molar-refractivity contribution in [1.29, 1.82) is 0 Å². The van der Waals surface area contributed by atoms with Gasteiger partial charge in [0.2, 0.25) is 0 Å². The number of hydrogen-bond acceptors (Lipinski definition) is 2. The van der Waals surface area contributed by atoms with E-state index in [0.717, 1.165) is 4.90 Å². The topological polar surface area (TPSA) is 43.4 Å². The standard InChI is InChI=1S/C3H7NO2.K/c1-4(2)3(5)6;/h1-2H3,(H,5,6);/q;+1/p-1. The van der Waals surface area contributed by atoms with Gasteiger partial charge in [0.1, 0.15) is 6.09 Å². The first-order chi connectivity index (χ1) is 2.64. The van der Waals surface area contributed by atoms with Crippen LogP contribution < -0.4 is 56.5 Å². The second-order valence-corrected chi connectivity index (χ2v) is 1.16. The molecule has 0 bridgehead atoms. The summed E-state index contributed by atoms with van der Waals surface area (Å²) >= 11 is 0. The van der Waals surface area contributed by atoms with Gasteiger partial charge in [0.25, 0.3) is 0 Å². The van der Waals surface area contributed by atoms with Crippen LogP contribution in [0.1, 0.15) is 0 Å². The quantitative estimate of drug-likeness (QED) is 0.310. The van der Waals surface area contributed by atoms with Gasteiger partial charge in [-0.2, -0.15) is 0 Å². The van der Waals surface area contributed by atoms with Gasteiger partial charge >= 0.3 is 51.4 Å². The molecule has 1 amide bonds. The summed E-state index contributed by atoms with van der Waals surface area (Å²) in [5.41, 5.74) is 0. The zero-order valence-corrected chi connectivity index (χ0v) is 7.89. The maximum absolute atomic E-state index is 9.51. The average Bonchev–Trinajstić information content (AvgIpc) is 1.36. The number of rotatable bonds is 0. The van der Waals surface area contributed by atoms with E-state index in [1.807, 2.05) is 0 Å². The number of amides is 1. The number of carbonyl (C=O) groups excluding carboxylic acids is 1. The Hall–Kier alpha value is 0.906. The van der Waals surface area contributed by atoms with E-state index in [9.17, 15) is 9.90 Å². The zero-order chi connectivity index (χ0) is 5.15. The van der Waals surface area contributed by atoms with Gasteiger partial charge in [-0.05, 0) is 0 Å². The minimum absolute atomic E-state index is 0. The molecule has 0 atom stereocenters. The summed E-state index contributed by atoms with van der Waals surface area (Å²) in [7, 11) is 2.82. The van der Waals surface area contributed by atoms with Gasteiger partial charge in [-0.25, -0.2) is 0 Å². The van der Waals surface area contributed by atoms with Crippen LogP contribution in [0.4, 0.5) is 4.79 Å². The predicted molar refractivity (Wildman–Crippen MR) is 19.1 cm³/mol. The van der Waals surface area contributed by atoms with Crippen LogP contribution in [-0.2, 0) is 0 Å². The second kappa shape index (κ2) is 5.05. The van der Waals surface area contributed by atoms with Gasteiger partial charge < -0.3 is 14.8 Å². The van der Waals surface area contributed by atoms with Gasteiger partial charge in [0, 0.05) is 14.1 Å². The molecule has 0 unspecified atom stereocenters. The van der Waals surface area contributed by atoms with Crippen molar-refractivity contribution in [3.8, 4) is 0 Å². The van der Waals surface area contributed by atoms with Crippen molar-refractivity contribution in [3.63, 3.8) is 0 Å². The molecule has 0 heterocycles. The fraction of sp³-hybridized carbons (Fsp3) is 0.667. The van der Waals surface area contributed by atoms with E-state index in [-0.39, 0.29) is 51.4 Å². The van der Waals surface area contributed by atoms with Crippen LogP contribution in [-0.4, -0.2) is 25.1 Å². The molecule has 0 aromatic heterocycles. The Bertz CT molecular complexity index is 64.0. The normalized spacial score (nSPS) is 6.57. The molecular weight excluding hydrogens is 121 g/mol. The largest absolute Gasteiger partial charge is 1.00 e. The van der Waals surface area contributed by atoms with E-state index >= 15 is 0 Å². The molecule has 0 rings (SSSR count). The number of carboxylic acid groups (broad SMARTS) is 1. The van der Waals surface area contributed by atoms with Crippen molar-refractivity contribution >= 4 is 6.09 Å². The van der Waals surface area contributed by atoms with E-state index in [1.165, 1.54) is 14.1 Å². The summed E-state index contributed by atoms with van der Waals surface area (Å²) in [5, 5.41) is 9.51. The summed E-state index contributed by atoms with van der Waals surface area (Å²) < 4.78 is 0. The van der Waals surface area contributed by atoms with Crippen LogP contribution in [0.5, 0.6) is 0 Å². The van der Waals surface area contributed by atoms with Crippen molar-refractivity contribution in [1.82, 2.24) is 4.90 Å². The maximum atomic E-state index is 9.51. The summed E-state index contributed by atoms with van der Waals surface area (Å²) in [6.45, 7) is 0. The fourth-order valence-electron chi connectivity index (χ4n) is 0. The third-order valence-electron chi connectivity index (χ3n) is 0.365. The molecule has 0 saturated carbocycles. The molecule has 0 aromatic rings. The van der Waals surface area contributed by atoms with Gasteiger partial charge in [-0.1, -0.05) is 0 Å². The number of carbonyl (C=O) groups is 1. The Labute approximate surface area is 85.1 Å². The molecule has 0 spiro atoms. The first-order valence-corrected chi connectivity index (χ1v) is 1.53. The molecule has 7 heavy (non-hydrogen) atoms. The van der Waals surface area contributed by atoms with Crippen LogP contribution in [0.2, 0.25) is 0 Å². The summed E-state index contributed by atoms with van der Waals surface area (Å²) in [5.74, 6) is 0. The van der Waals surface area contributed by atoms with Crippen LogP contribution in [0.25, 0.3) is 0 Å². The van der Waals surface area contributed by atoms with Gasteiger partial charge in [0.15, 0.2) is 0 Å². The minimum atomic E-state index is -1.16. The van der Waals surface area contributed by atoms with Gasteiger partial charge in [-0.15, -0.1) is 0 Å². The number of hydrogen-bond donors (Lipinski definition) is 0. The predicted octanol–water partition coefficient (Wildman–Crippen LogP) is -4.10. The monoisotopic (exact) mass is 127 g/mol. The maximum Gasteiger partial charge on any atom is 1.00 e. The average molecular weight is 127 g/mol. The fourth-order valence-corrected chi connectivity index (χ4v) is 0. The van der Waals surface area contributed by atoms with Crippen molar-refractivity contribution in [2.75, 3.05) is 14.1 Å². The Morgan fingerprint density at radius 3 is 1.71 bits per heavy atom. The summed E-state index contributed by atoms with van der Waals surface area (Å²) in [4.78, 5) is 10.5. The molecule has 0 saturated heterocycles. The van der Waals surface area contributed by atoms with Gasteiger partial charge in [-0.3, -0.25) is 0 Å². The molecule has 0 N–H and O–H groups in total. The molecule has 0 aliphatic carbocycles. The SMILES string of the molecule is CN(C)C(=O)[O-].[K+]. The van der Waals surface area contributed by atoms with E-state index in [2.05, 4.69) is 0 Å². The first kappa shape index (κ1) is 10.8.